The molecule has 27 heavy (non-hydrogen) atoms. The molecule has 1 aliphatic heterocycles. The summed E-state index contributed by atoms with van der Waals surface area (Å²) < 4.78 is 0. The lowest BCUT2D eigenvalue weighted by Gasteiger charge is -2.21. The Kier molecular flexibility index (Phi) is 6.59. The zero-order valence-corrected chi connectivity index (χ0v) is 15.8. The number of nitriles is 1. The fourth-order valence-corrected chi connectivity index (χ4v) is 3.32. The number of carbonyl (C=O) groups excluding carboxylic acids is 1. The van der Waals surface area contributed by atoms with Crippen LogP contribution in [0.3, 0.4) is 0 Å². The molecule has 1 saturated heterocycles. The molecule has 3 rings (SSSR count). The Morgan fingerprint density at radius 3 is 2.37 bits per heavy atom. The number of aryl methyl sites for hydroxylation is 1. The third kappa shape index (κ3) is 5.92. The van der Waals surface area contributed by atoms with Gasteiger partial charge in [0, 0.05) is 25.3 Å². The summed E-state index contributed by atoms with van der Waals surface area (Å²) in [5.41, 5.74) is 3.95. The summed E-state index contributed by atoms with van der Waals surface area (Å²) in [7, 11) is 0. The van der Waals surface area contributed by atoms with Gasteiger partial charge in [0.25, 0.3) is 0 Å². The molecule has 1 N–H and O–H groups in total. The number of hydrogen-bond acceptors (Lipinski definition) is 4. The van der Waals surface area contributed by atoms with Crippen LogP contribution in [0.1, 0.15) is 23.1 Å². The van der Waals surface area contributed by atoms with Gasteiger partial charge in [-0.15, -0.1) is 0 Å². The van der Waals surface area contributed by atoms with Crippen molar-refractivity contribution in [3.05, 3.63) is 65.2 Å². The van der Waals surface area contributed by atoms with Crippen LogP contribution in [0.4, 0.5) is 5.69 Å². The van der Waals surface area contributed by atoms with Crippen LogP contribution < -0.4 is 5.32 Å². The largest absolute Gasteiger partial charge is 0.325 e. The minimum absolute atomic E-state index is 0.0411. The van der Waals surface area contributed by atoms with E-state index in [4.69, 9.17) is 5.26 Å². The molecule has 140 valence electrons. The predicted octanol–water partition coefficient (Wildman–Crippen LogP) is 3.01. The fourth-order valence-electron chi connectivity index (χ4n) is 3.32. The van der Waals surface area contributed by atoms with Crippen molar-refractivity contribution in [2.24, 2.45) is 0 Å². The molecule has 5 heteroatoms. The molecular weight excluding hydrogens is 336 g/mol. The minimum Gasteiger partial charge on any atom is -0.325 e. The maximum atomic E-state index is 12.3. The average molecular weight is 362 g/mol. The van der Waals surface area contributed by atoms with Crippen LogP contribution in [0.5, 0.6) is 0 Å². The molecule has 0 spiro atoms. The highest BCUT2D eigenvalue weighted by molar-refractivity contribution is 5.92. The first-order valence-corrected chi connectivity index (χ1v) is 9.42. The molecular formula is C22H26N4O. The smallest absolute Gasteiger partial charge is 0.238 e. The maximum Gasteiger partial charge on any atom is 0.238 e. The van der Waals surface area contributed by atoms with Crippen molar-refractivity contribution < 1.29 is 4.79 Å². The third-order valence-corrected chi connectivity index (χ3v) is 4.87. The molecule has 1 fully saturated rings. The summed E-state index contributed by atoms with van der Waals surface area (Å²) in [6, 6.07) is 17.8. The standard InChI is InChI=1S/C22H26N4O/c1-18-3-9-21(10-4-18)24-22(27)17-26-12-2-11-25(13-14-26)16-20-7-5-19(15-23)6-8-20/h3-10H,2,11-14,16-17H2,1H3,(H,24,27). The van der Waals surface area contributed by atoms with Crippen molar-refractivity contribution in [1.29, 1.82) is 5.26 Å². The maximum absolute atomic E-state index is 12.3. The number of hydrogen-bond donors (Lipinski definition) is 1. The molecule has 2 aromatic carbocycles. The predicted molar refractivity (Wildman–Crippen MR) is 107 cm³/mol. The van der Waals surface area contributed by atoms with Crippen molar-refractivity contribution >= 4 is 11.6 Å². The summed E-state index contributed by atoms with van der Waals surface area (Å²) in [5.74, 6) is 0.0411. The Morgan fingerprint density at radius 2 is 1.67 bits per heavy atom. The van der Waals surface area contributed by atoms with Gasteiger partial charge in [0.15, 0.2) is 0 Å². The van der Waals surface area contributed by atoms with Gasteiger partial charge in [-0.2, -0.15) is 5.26 Å². The van der Waals surface area contributed by atoms with Crippen LogP contribution in [0.25, 0.3) is 0 Å². The second-order valence-electron chi connectivity index (χ2n) is 7.13. The van der Waals surface area contributed by atoms with Gasteiger partial charge in [-0.25, -0.2) is 0 Å². The first kappa shape index (κ1) is 19.1. The monoisotopic (exact) mass is 362 g/mol. The summed E-state index contributed by atoms with van der Waals surface area (Å²) in [6.45, 7) is 7.14. The van der Waals surface area contributed by atoms with Crippen LogP contribution >= 0.6 is 0 Å². The van der Waals surface area contributed by atoms with E-state index in [-0.39, 0.29) is 5.91 Å². The van der Waals surface area contributed by atoms with E-state index in [1.165, 1.54) is 11.1 Å². The van der Waals surface area contributed by atoms with E-state index < -0.39 is 0 Å². The number of amides is 1. The van der Waals surface area contributed by atoms with Crippen LogP contribution in [-0.2, 0) is 11.3 Å². The molecule has 0 atom stereocenters. The third-order valence-electron chi connectivity index (χ3n) is 4.87. The SMILES string of the molecule is Cc1ccc(NC(=O)CN2CCCN(Cc3ccc(C#N)cc3)CC2)cc1. The highest BCUT2D eigenvalue weighted by atomic mass is 16.2. The Balaban J connectivity index is 1.46. The topological polar surface area (TPSA) is 59.4 Å². The van der Waals surface area contributed by atoms with E-state index >= 15 is 0 Å². The number of benzene rings is 2. The molecule has 0 saturated carbocycles. The first-order valence-electron chi connectivity index (χ1n) is 9.42. The molecule has 0 aromatic heterocycles. The lowest BCUT2D eigenvalue weighted by molar-refractivity contribution is -0.117. The van der Waals surface area contributed by atoms with E-state index in [1.807, 2.05) is 55.5 Å². The Bertz CT molecular complexity index is 793. The van der Waals surface area contributed by atoms with E-state index in [9.17, 15) is 4.79 Å². The van der Waals surface area contributed by atoms with Crippen molar-refractivity contribution in [2.45, 2.75) is 19.9 Å². The zero-order chi connectivity index (χ0) is 19.1. The highest BCUT2D eigenvalue weighted by Gasteiger charge is 2.17. The van der Waals surface area contributed by atoms with Crippen LogP contribution in [0, 0.1) is 18.3 Å². The number of rotatable bonds is 5. The summed E-state index contributed by atoms with van der Waals surface area (Å²) in [5, 5.41) is 11.9. The van der Waals surface area contributed by atoms with Gasteiger partial charge in [0.2, 0.25) is 5.91 Å². The number of nitrogens with one attached hydrogen (secondary N) is 1. The van der Waals surface area contributed by atoms with Crippen molar-refractivity contribution in [3.8, 4) is 6.07 Å². The quantitative estimate of drug-likeness (QED) is 0.888. The minimum atomic E-state index is 0.0411. The second-order valence-corrected chi connectivity index (χ2v) is 7.13. The van der Waals surface area contributed by atoms with Crippen molar-refractivity contribution in [1.82, 2.24) is 9.80 Å². The molecule has 5 nitrogen and oxygen atoms in total. The molecule has 0 bridgehead atoms. The van der Waals surface area contributed by atoms with Crippen LogP contribution in [-0.4, -0.2) is 48.4 Å². The number of nitrogens with zero attached hydrogens (tertiary/aromatic N) is 3. The lowest BCUT2D eigenvalue weighted by Crippen LogP contribution is -2.36. The highest BCUT2D eigenvalue weighted by Crippen LogP contribution is 2.11. The Labute approximate surface area is 161 Å². The molecule has 1 heterocycles. The zero-order valence-electron chi connectivity index (χ0n) is 15.8. The Morgan fingerprint density at radius 1 is 1.00 bits per heavy atom. The molecule has 2 aromatic rings. The van der Waals surface area contributed by atoms with E-state index in [0.29, 0.717) is 12.1 Å². The van der Waals surface area contributed by atoms with Gasteiger partial charge in [-0.3, -0.25) is 14.6 Å². The van der Waals surface area contributed by atoms with Gasteiger partial charge >= 0.3 is 0 Å². The van der Waals surface area contributed by atoms with Crippen LogP contribution in [0.15, 0.2) is 48.5 Å². The molecule has 0 unspecified atom stereocenters. The van der Waals surface area contributed by atoms with Gasteiger partial charge in [0.05, 0.1) is 18.2 Å². The first-order chi connectivity index (χ1) is 13.1. The summed E-state index contributed by atoms with van der Waals surface area (Å²) in [6.07, 6.45) is 1.05. The van der Waals surface area contributed by atoms with E-state index in [1.54, 1.807) is 0 Å². The molecule has 0 aliphatic carbocycles. The van der Waals surface area contributed by atoms with E-state index in [0.717, 1.165) is 44.8 Å². The summed E-state index contributed by atoms with van der Waals surface area (Å²) in [4.78, 5) is 17.0. The molecule has 1 aliphatic rings. The van der Waals surface area contributed by atoms with Gasteiger partial charge in [-0.1, -0.05) is 29.8 Å². The summed E-state index contributed by atoms with van der Waals surface area (Å²) >= 11 is 0. The normalized spacial score (nSPS) is 15.7. The number of carbonyl (C=O) groups is 1. The average Bonchev–Trinajstić information content (AvgIpc) is 2.89. The van der Waals surface area contributed by atoms with Crippen molar-refractivity contribution in [3.63, 3.8) is 0 Å². The molecule has 0 radical (unpaired) electrons. The Hall–Kier alpha value is -2.68. The van der Waals surface area contributed by atoms with Gasteiger partial charge < -0.3 is 5.32 Å². The van der Waals surface area contributed by atoms with Gasteiger partial charge in [-0.05, 0) is 56.3 Å². The van der Waals surface area contributed by atoms with Gasteiger partial charge in [0.1, 0.15) is 0 Å². The van der Waals surface area contributed by atoms with Crippen molar-refractivity contribution in [2.75, 3.05) is 38.0 Å². The lowest BCUT2D eigenvalue weighted by atomic mass is 10.1. The fraction of sp³-hybridized carbons (Fsp3) is 0.364. The molecule has 1 amide bonds. The second kappa shape index (κ2) is 9.31. The number of anilines is 1. The van der Waals surface area contributed by atoms with E-state index in [2.05, 4.69) is 21.2 Å². The van der Waals surface area contributed by atoms with Crippen LogP contribution in [0.2, 0.25) is 0 Å².